The maximum atomic E-state index is 14.5. The number of likely N-dealkylation sites (tertiary alicyclic amines) is 1. The van der Waals surface area contributed by atoms with Gasteiger partial charge in [0.15, 0.2) is 5.82 Å². The number of carbonyl (C=O) groups excluding carboxylic acids is 1. The molecule has 2 saturated heterocycles. The summed E-state index contributed by atoms with van der Waals surface area (Å²) in [6.45, 7) is 2.10. The molecule has 1 saturated carbocycles. The number of piperidine rings is 1. The Morgan fingerprint density at radius 1 is 1.15 bits per heavy atom. The first kappa shape index (κ1) is 18.1. The Hall–Kier alpha value is -1.33. The molecule has 4 rings (SSSR count). The summed E-state index contributed by atoms with van der Waals surface area (Å²) in [7, 11) is 0. The molecule has 0 radical (unpaired) electrons. The molecule has 1 amide bonds. The molecular formula is C20H26ClFN2O2. The summed E-state index contributed by atoms with van der Waals surface area (Å²) in [4.78, 5) is 17.4. The van der Waals surface area contributed by atoms with Crippen molar-refractivity contribution in [2.45, 2.75) is 57.1 Å². The summed E-state index contributed by atoms with van der Waals surface area (Å²) < 4.78 is 14.5. The van der Waals surface area contributed by atoms with Gasteiger partial charge in [0.1, 0.15) is 0 Å². The normalized spacial score (nSPS) is 32.5. The molecule has 142 valence electrons. The van der Waals surface area contributed by atoms with Gasteiger partial charge in [-0.2, -0.15) is 0 Å². The third-order valence-corrected chi connectivity index (χ3v) is 6.79. The number of aliphatic hydroxyl groups excluding tert-OH is 1. The topological polar surface area (TPSA) is 43.8 Å². The van der Waals surface area contributed by atoms with E-state index in [1.165, 1.54) is 0 Å². The van der Waals surface area contributed by atoms with Crippen molar-refractivity contribution in [3.8, 4) is 0 Å². The van der Waals surface area contributed by atoms with Gasteiger partial charge in [-0.1, -0.05) is 17.7 Å². The number of nitrogens with zero attached hydrogens (tertiary/aromatic N) is 2. The van der Waals surface area contributed by atoms with Crippen LogP contribution in [0.25, 0.3) is 0 Å². The van der Waals surface area contributed by atoms with Gasteiger partial charge in [-0.15, -0.1) is 0 Å². The van der Waals surface area contributed by atoms with Gasteiger partial charge in [0.05, 0.1) is 22.2 Å². The fourth-order valence-corrected chi connectivity index (χ4v) is 5.19. The minimum atomic E-state index is -0.400. The average Bonchev–Trinajstić information content (AvgIpc) is 2.94. The van der Waals surface area contributed by atoms with E-state index >= 15 is 0 Å². The monoisotopic (exact) mass is 380 g/mol. The highest BCUT2D eigenvalue weighted by molar-refractivity contribution is 6.31. The molecule has 26 heavy (non-hydrogen) atoms. The second kappa shape index (κ2) is 7.01. The van der Waals surface area contributed by atoms with Gasteiger partial charge >= 0.3 is 0 Å². The number of halogens is 2. The maximum Gasteiger partial charge on any atom is 0.230 e. The van der Waals surface area contributed by atoms with Crippen LogP contribution < -0.4 is 4.90 Å². The summed E-state index contributed by atoms with van der Waals surface area (Å²) in [6.07, 6.45) is 5.71. The molecule has 4 nitrogen and oxygen atoms in total. The molecular weight excluding hydrogens is 355 g/mol. The zero-order valence-corrected chi connectivity index (χ0v) is 15.7. The van der Waals surface area contributed by atoms with Crippen molar-refractivity contribution < 1.29 is 14.3 Å². The van der Waals surface area contributed by atoms with Gasteiger partial charge in [-0.05, 0) is 57.1 Å². The van der Waals surface area contributed by atoms with Gasteiger partial charge in [-0.25, -0.2) is 4.39 Å². The Morgan fingerprint density at radius 3 is 2.69 bits per heavy atom. The third kappa shape index (κ3) is 3.09. The van der Waals surface area contributed by atoms with Crippen molar-refractivity contribution in [3.05, 3.63) is 29.0 Å². The highest BCUT2D eigenvalue weighted by Gasteiger charge is 2.50. The lowest BCUT2D eigenvalue weighted by Crippen LogP contribution is -2.50. The van der Waals surface area contributed by atoms with Crippen LogP contribution in [0.4, 0.5) is 10.1 Å². The zero-order valence-electron chi connectivity index (χ0n) is 15.0. The number of anilines is 1. The van der Waals surface area contributed by atoms with Gasteiger partial charge in [0.25, 0.3) is 0 Å². The van der Waals surface area contributed by atoms with E-state index in [9.17, 15) is 14.3 Å². The van der Waals surface area contributed by atoms with Gasteiger partial charge in [0, 0.05) is 25.7 Å². The molecule has 0 unspecified atom stereocenters. The van der Waals surface area contributed by atoms with E-state index in [-0.39, 0.29) is 23.1 Å². The first-order chi connectivity index (χ1) is 12.5. The van der Waals surface area contributed by atoms with Crippen LogP contribution in [0.15, 0.2) is 18.2 Å². The van der Waals surface area contributed by atoms with E-state index in [1.807, 2.05) is 9.80 Å². The largest absolute Gasteiger partial charge is 0.393 e. The van der Waals surface area contributed by atoms with Crippen molar-refractivity contribution in [1.82, 2.24) is 4.90 Å². The second-order valence-electron chi connectivity index (χ2n) is 8.09. The van der Waals surface area contributed by atoms with Crippen LogP contribution in [0.1, 0.15) is 44.9 Å². The van der Waals surface area contributed by atoms with Crippen LogP contribution in [-0.4, -0.2) is 47.7 Å². The number of aliphatic hydroxyl groups is 1. The highest BCUT2D eigenvalue weighted by Crippen LogP contribution is 2.44. The molecule has 0 aromatic heterocycles. The van der Waals surface area contributed by atoms with E-state index in [4.69, 9.17) is 11.6 Å². The molecule has 1 spiro atoms. The Bertz CT molecular complexity index is 692. The van der Waals surface area contributed by atoms with Gasteiger partial charge < -0.3 is 14.9 Å². The third-order valence-electron chi connectivity index (χ3n) is 6.50. The fraction of sp³-hybridized carbons (Fsp3) is 0.650. The molecule has 1 N–H and O–H groups in total. The predicted octanol–water partition coefficient (Wildman–Crippen LogP) is 3.60. The summed E-state index contributed by atoms with van der Waals surface area (Å²) in [5, 5.41) is 9.86. The minimum absolute atomic E-state index is 0.127. The smallest absolute Gasteiger partial charge is 0.230 e. The summed E-state index contributed by atoms with van der Waals surface area (Å²) in [6, 6.07) is 5.32. The predicted molar refractivity (Wildman–Crippen MR) is 99.9 cm³/mol. The highest BCUT2D eigenvalue weighted by atomic mass is 35.5. The number of benzene rings is 1. The molecule has 1 atom stereocenters. The molecule has 1 aromatic rings. The minimum Gasteiger partial charge on any atom is -0.393 e. The van der Waals surface area contributed by atoms with Gasteiger partial charge in [0.2, 0.25) is 5.91 Å². The van der Waals surface area contributed by atoms with E-state index in [2.05, 4.69) is 0 Å². The summed E-state index contributed by atoms with van der Waals surface area (Å²) >= 11 is 5.95. The quantitative estimate of drug-likeness (QED) is 0.852. The molecule has 6 heteroatoms. The zero-order chi connectivity index (χ0) is 18.3. The Labute approximate surface area is 158 Å². The van der Waals surface area contributed by atoms with Crippen molar-refractivity contribution in [2.75, 3.05) is 24.5 Å². The van der Waals surface area contributed by atoms with E-state index in [0.717, 1.165) is 58.0 Å². The van der Waals surface area contributed by atoms with Crippen LogP contribution in [0.5, 0.6) is 0 Å². The van der Waals surface area contributed by atoms with E-state index in [0.29, 0.717) is 12.2 Å². The Kier molecular flexibility index (Phi) is 4.86. The Morgan fingerprint density at radius 2 is 1.92 bits per heavy atom. The average molecular weight is 381 g/mol. The first-order valence-electron chi connectivity index (χ1n) is 9.68. The lowest BCUT2D eigenvalue weighted by Gasteiger charge is -2.41. The fourth-order valence-electron chi connectivity index (χ4n) is 5.02. The summed E-state index contributed by atoms with van der Waals surface area (Å²) in [5.74, 6) is -0.166. The molecule has 2 heterocycles. The number of amides is 1. The van der Waals surface area contributed by atoms with Crippen LogP contribution in [0, 0.1) is 11.2 Å². The molecule has 0 bridgehead atoms. The van der Waals surface area contributed by atoms with E-state index < -0.39 is 11.2 Å². The molecule has 2 aliphatic heterocycles. The van der Waals surface area contributed by atoms with Gasteiger partial charge in [-0.3, -0.25) is 4.79 Å². The lowest BCUT2D eigenvalue weighted by atomic mass is 9.78. The number of hydrogen-bond donors (Lipinski definition) is 1. The van der Waals surface area contributed by atoms with Crippen molar-refractivity contribution in [3.63, 3.8) is 0 Å². The molecule has 3 fully saturated rings. The van der Waals surface area contributed by atoms with Crippen molar-refractivity contribution in [1.29, 1.82) is 0 Å². The maximum absolute atomic E-state index is 14.5. The van der Waals surface area contributed by atoms with Crippen LogP contribution >= 0.6 is 11.6 Å². The van der Waals surface area contributed by atoms with Crippen molar-refractivity contribution >= 4 is 23.2 Å². The SMILES string of the molecule is O=C1N([C@H]2CC[C@H](O)CC2)CC[C@]12CCCN(c1cccc(Cl)c1F)C2. The summed E-state index contributed by atoms with van der Waals surface area (Å²) in [5.41, 5.74) is 0.104. The van der Waals surface area contributed by atoms with E-state index in [1.54, 1.807) is 18.2 Å². The standard InChI is InChI=1S/C20H26ClFN2O2/c21-16-3-1-4-17(18(16)22)23-11-2-9-20(13-23)10-12-24(19(20)26)14-5-7-15(25)8-6-14/h1,3-4,14-15,25H,2,5-13H2/t14-,15-,20-/m0/s1. The lowest BCUT2D eigenvalue weighted by molar-refractivity contribution is -0.139. The van der Waals surface area contributed by atoms with Crippen LogP contribution in [0.3, 0.4) is 0 Å². The van der Waals surface area contributed by atoms with Crippen LogP contribution in [-0.2, 0) is 4.79 Å². The number of carbonyl (C=O) groups is 1. The Balaban J connectivity index is 1.52. The number of rotatable bonds is 2. The first-order valence-corrected chi connectivity index (χ1v) is 10.1. The second-order valence-corrected chi connectivity index (χ2v) is 8.50. The molecule has 3 aliphatic rings. The van der Waals surface area contributed by atoms with Crippen LogP contribution in [0.2, 0.25) is 5.02 Å². The number of hydrogen-bond acceptors (Lipinski definition) is 3. The molecule has 1 aromatic carbocycles. The van der Waals surface area contributed by atoms with Crippen molar-refractivity contribution in [2.24, 2.45) is 5.41 Å². The molecule has 1 aliphatic carbocycles.